The van der Waals surface area contributed by atoms with Crippen LogP contribution in [0.2, 0.25) is 0 Å². The predicted octanol–water partition coefficient (Wildman–Crippen LogP) is 3.36. The summed E-state index contributed by atoms with van der Waals surface area (Å²) in [5.41, 5.74) is 2.41. The molecule has 0 aromatic heterocycles. The number of rotatable bonds is 8. The first-order valence-corrected chi connectivity index (χ1v) is 11.2. The highest BCUT2D eigenvalue weighted by molar-refractivity contribution is 14.0. The van der Waals surface area contributed by atoms with Crippen molar-refractivity contribution in [3.8, 4) is 0 Å². The topological polar surface area (TPSA) is 60.0 Å². The summed E-state index contributed by atoms with van der Waals surface area (Å²) in [6.07, 6.45) is 6.88. The Bertz CT molecular complexity index is 679. The highest BCUT2D eigenvalue weighted by Gasteiger charge is 2.20. The van der Waals surface area contributed by atoms with E-state index in [2.05, 4.69) is 51.7 Å². The summed E-state index contributed by atoms with van der Waals surface area (Å²) < 4.78 is 0. The predicted molar refractivity (Wildman–Crippen MR) is 134 cm³/mol. The molecule has 2 aliphatic rings. The average Bonchev–Trinajstić information content (AvgIpc) is 3.14. The van der Waals surface area contributed by atoms with Crippen molar-refractivity contribution in [1.29, 1.82) is 0 Å². The Hall–Kier alpha value is -1.35. The molecule has 1 aromatic rings. The minimum absolute atomic E-state index is 0. The van der Waals surface area contributed by atoms with Crippen molar-refractivity contribution in [3.63, 3.8) is 0 Å². The van der Waals surface area contributed by atoms with Gasteiger partial charge in [-0.25, -0.2) is 0 Å². The molecule has 30 heavy (non-hydrogen) atoms. The highest BCUT2D eigenvalue weighted by Crippen LogP contribution is 2.16. The van der Waals surface area contributed by atoms with E-state index in [1.807, 2.05) is 11.9 Å². The molecule has 0 saturated carbocycles. The van der Waals surface area contributed by atoms with Crippen LogP contribution in [0.1, 0.15) is 56.6 Å². The lowest BCUT2D eigenvalue weighted by molar-refractivity contribution is -0.128. The summed E-state index contributed by atoms with van der Waals surface area (Å²) in [5.74, 6) is 1.13. The van der Waals surface area contributed by atoms with E-state index >= 15 is 0 Å². The summed E-state index contributed by atoms with van der Waals surface area (Å²) >= 11 is 0. The van der Waals surface area contributed by atoms with Gasteiger partial charge in [0.05, 0.1) is 0 Å². The quantitative estimate of drug-likeness (QED) is 0.236. The second kappa shape index (κ2) is 13.1. The van der Waals surface area contributed by atoms with E-state index in [4.69, 9.17) is 0 Å². The number of hydrogen-bond acceptors (Lipinski definition) is 3. The molecule has 1 aromatic carbocycles. The molecule has 1 amide bonds. The van der Waals surface area contributed by atoms with Crippen LogP contribution < -0.4 is 10.6 Å². The van der Waals surface area contributed by atoms with Crippen molar-refractivity contribution in [3.05, 3.63) is 35.4 Å². The van der Waals surface area contributed by atoms with Crippen molar-refractivity contribution in [2.75, 3.05) is 33.2 Å². The molecule has 0 bridgehead atoms. The van der Waals surface area contributed by atoms with Crippen LogP contribution in [0.4, 0.5) is 0 Å². The number of nitrogens with one attached hydrogen (secondary N) is 2. The van der Waals surface area contributed by atoms with Gasteiger partial charge in [-0.2, -0.15) is 0 Å². The Labute approximate surface area is 198 Å². The van der Waals surface area contributed by atoms with Gasteiger partial charge in [0, 0.05) is 52.2 Å². The fourth-order valence-corrected chi connectivity index (χ4v) is 4.24. The van der Waals surface area contributed by atoms with Gasteiger partial charge in [-0.3, -0.25) is 9.79 Å². The molecule has 1 atom stereocenters. The number of piperidine rings is 1. The van der Waals surface area contributed by atoms with Gasteiger partial charge >= 0.3 is 0 Å². The van der Waals surface area contributed by atoms with Crippen molar-refractivity contribution < 1.29 is 4.79 Å². The molecule has 2 saturated heterocycles. The maximum absolute atomic E-state index is 11.8. The molecule has 2 N–H and O–H groups in total. The fourth-order valence-electron chi connectivity index (χ4n) is 4.24. The Morgan fingerprint density at radius 2 is 1.87 bits per heavy atom. The van der Waals surface area contributed by atoms with Crippen LogP contribution in [0.3, 0.4) is 0 Å². The molecule has 2 fully saturated rings. The SMILES string of the molecule is CN=C(NCCCN1CCCCC1C)NCc1ccc(CN2CCCC2=O)cc1.I. The van der Waals surface area contributed by atoms with Gasteiger partial charge in [-0.05, 0) is 50.3 Å². The van der Waals surface area contributed by atoms with Gasteiger partial charge < -0.3 is 20.4 Å². The first-order valence-electron chi connectivity index (χ1n) is 11.2. The third-order valence-electron chi connectivity index (χ3n) is 6.11. The van der Waals surface area contributed by atoms with Crippen molar-refractivity contribution in [2.24, 2.45) is 4.99 Å². The lowest BCUT2D eigenvalue weighted by atomic mass is 10.0. The number of guanidine groups is 1. The van der Waals surface area contributed by atoms with E-state index in [1.54, 1.807) is 0 Å². The minimum atomic E-state index is 0. The van der Waals surface area contributed by atoms with Gasteiger partial charge in [0.25, 0.3) is 0 Å². The molecule has 168 valence electrons. The molecule has 3 rings (SSSR count). The number of halogens is 1. The summed E-state index contributed by atoms with van der Waals surface area (Å²) in [6.45, 7) is 8.05. The van der Waals surface area contributed by atoms with Crippen LogP contribution in [0, 0.1) is 0 Å². The minimum Gasteiger partial charge on any atom is -0.356 e. The van der Waals surface area contributed by atoms with Crippen LogP contribution in [-0.4, -0.2) is 60.9 Å². The summed E-state index contributed by atoms with van der Waals surface area (Å²) in [7, 11) is 1.82. The number of amides is 1. The molecular weight excluding hydrogens is 489 g/mol. The molecule has 6 nitrogen and oxygen atoms in total. The molecule has 7 heteroatoms. The normalized spacial score (nSPS) is 20.2. The van der Waals surface area contributed by atoms with E-state index in [0.717, 1.165) is 57.6 Å². The number of carbonyl (C=O) groups is 1. The number of carbonyl (C=O) groups excluding carboxylic acids is 1. The summed E-state index contributed by atoms with van der Waals surface area (Å²) in [4.78, 5) is 20.7. The number of nitrogens with zero attached hydrogens (tertiary/aromatic N) is 3. The van der Waals surface area contributed by atoms with Crippen molar-refractivity contribution in [1.82, 2.24) is 20.4 Å². The monoisotopic (exact) mass is 527 g/mol. The Morgan fingerprint density at radius 1 is 1.10 bits per heavy atom. The van der Waals surface area contributed by atoms with Gasteiger partial charge in [0.2, 0.25) is 5.91 Å². The van der Waals surface area contributed by atoms with E-state index in [0.29, 0.717) is 6.42 Å². The van der Waals surface area contributed by atoms with E-state index < -0.39 is 0 Å². The van der Waals surface area contributed by atoms with Gasteiger partial charge in [-0.15, -0.1) is 24.0 Å². The zero-order valence-corrected chi connectivity index (χ0v) is 20.9. The fraction of sp³-hybridized carbons (Fsp3) is 0.652. The van der Waals surface area contributed by atoms with Crippen LogP contribution in [0.25, 0.3) is 0 Å². The third-order valence-corrected chi connectivity index (χ3v) is 6.11. The maximum Gasteiger partial charge on any atom is 0.222 e. The zero-order chi connectivity index (χ0) is 20.5. The largest absolute Gasteiger partial charge is 0.356 e. The number of benzene rings is 1. The first kappa shape index (κ1) is 24.9. The van der Waals surface area contributed by atoms with Crippen LogP contribution in [0.5, 0.6) is 0 Å². The molecule has 0 radical (unpaired) electrons. The highest BCUT2D eigenvalue weighted by atomic mass is 127. The number of hydrogen-bond donors (Lipinski definition) is 2. The second-order valence-corrected chi connectivity index (χ2v) is 8.32. The van der Waals surface area contributed by atoms with E-state index in [1.165, 1.54) is 36.9 Å². The lowest BCUT2D eigenvalue weighted by Crippen LogP contribution is -2.41. The first-order chi connectivity index (χ1) is 14.2. The van der Waals surface area contributed by atoms with Gasteiger partial charge in [0.15, 0.2) is 5.96 Å². The third kappa shape index (κ3) is 7.72. The lowest BCUT2D eigenvalue weighted by Gasteiger charge is -2.33. The second-order valence-electron chi connectivity index (χ2n) is 8.32. The van der Waals surface area contributed by atoms with E-state index in [-0.39, 0.29) is 29.9 Å². The molecule has 0 spiro atoms. The Balaban J connectivity index is 0.00000320. The Kier molecular flexibility index (Phi) is 10.9. The van der Waals surface area contributed by atoms with Crippen LogP contribution >= 0.6 is 24.0 Å². The molecule has 2 aliphatic heterocycles. The van der Waals surface area contributed by atoms with Crippen molar-refractivity contribution in [2.45, 2.75) is 64.6 Å². The number of aliphatic imine (C=N–C) groups is 1. The standard InChI is InChI=1S/C23H37N5O.HI/c1-19-7-3-4-14-27(19)16-6-13-25-23(24-2)26-17-20-9-11-21(12-10-20)18-28-15-5-8-22(28)29;/h9-12,19H,3-8,13-18H2,1-2H3,(H2,24,25,26);1H. The van der Waals surface area contributed by atoms with Gasteiger partial charge in [0.1, 0.15) is 0 Å². The molecule has 2 heterocycles. The van der Waals surface area contributed by atoms with Crippen LogP contribution in [-0.2, 0) is 17.9 Å². The Morgan fingerprint density at radius 3 is 2.53 bits per heavy atom. The average molecular weight is 527 g/mol. The molecule has 1 unspecified atom stereocenters. The smallest absolute Gasteiger partial charge is 0.222 e. The zero-order valence-electron chi connectivity index (χ0n) is 18.5. The number of likely N-dealkylation sites (tertiary alicyclic amines) is 2. The molecular formula is C23H38IN5O. The van der Waals surface area contributed by atoms with E-state index in [9.17, 15) is 4.79 Å². The maximum atomic E-state index is 11.8. The van der Waals surface area contributed by atoms with Crippen molar-refractivity contribution >= 4 is 35.8 Å². The van der Waals surface area contributed by atoms with Gasteiger partial charge in [-0.1, -0.05) is 30.7 Å². The summed E-state index contributed by atoms with van der Waals surface area (Å²) in [5, 5.41) is 6.82. The van der Waals surface area contributed by atoms with Crippen LogP contribution in [0.15, 0.2) is 29.3 Å². The molecule has 0 aliphatic carbocycles. The summed E-state index contributed by atoms with van der Waals surface area (Å²) in [6, 6.07) is 9.24.